The van der Waals surface area contributed by atoms with Gasteiger partial charge in [-0.25, -0.2) is 9.13 Å². The van der Waals surface area contributed by atoms with Gasteiger partial charge in [0.1, 0.15) is 0 Å². The Kier molecular flexibility index (Phi) is 65.6. The van der Waals surface area contributed by atoms with Crippen LogP contribution in [0.1, 0.15) is 409 Å². The fraction of sp³-hybridized carbons (Fsp3) is 0.600. The van der Waals surface area contributed by atoms with Gasteiger partial charge in [-0.2, -0.15) is 4.31 Å². The van der Waals surface area contributed by atoms with Crippen molar-refractivity contribution in [2.45, 2.75) is 409 Å². The zero-order valence-electron chi connectivity index (χ0n) is 77.5. The van der Waals surface area contributed by atoms with Crippen LogP contribution in [-0.4, -0.2) is 21.3 Å². The number of rotatable bonds is 65. The molecule has 0 aromatic rings. The average molecular weight is 1610 g/mol. The lowest BCUT2D eigenvalue weighted by atomic mass is 10.0. The van der Waals surface area contributed by atoms with E-state index in [0.717, 1.165) is 230 Å². The third kappa shape index (κ3) is 73.2. The molecule has 644 valence electrons. The molecule has 114 heavy (non-hydrogen) atoms. The molecule has 1 unspecified atom stereocenters. The summed E-state index contributed by atoms with van der Waals surface area (Å²) < 4.78 is 30.8. The van der Waals surface area contributed by atoms with Gasteiger partial charge in [0.25, 0.3) is 0 Å². The second-order valence-corrected chi connectivity index (χ2v) is 37.2. The molecule has 0 rings (SSSR count). The fourth-order valence-corrected chi connectivity index (χ4v) is 15.0. The van der Waals surface area contributed by atoms with Gasteiger partial charge in [-0.15, -0.1) is 0 Å². The van der Waals surface area contributed by atoms with Crippen molar-refractivity contribution in [2.75, 3.05) is 6.61 Å². The predicted octanol–water partition coefficient (Wildman–Crippen LogP) is 35.7. The van der Waals surface area contributed by atoms with Crippen molar-refractivity contribution < 1.29 is 32.6 Å². The van der Waals surface area contributed by atoms with E-state index < -0.39 is 15.6 Å². The van der Waals surface area contributed by atoms with Crippen LogP contribution in [0.4, 0.5) is 0 Å². The first-order valence-electron chi connectivity index (χ1n) is 44.5. The van der Waals surface area contributed by atoms with Gasteiger partial charge in [-0.1, -0.05) is 245 Å². The Labute approximate surface area is 704 Å². The number of phosphoric acid groups is 2. The van der Waals surface area contributed by atoms with Gasteiger partial charge in [0, 0.05) is 0 Å². The summed E-state index contributed by atoms with van der Waals surface area (Å²) in [7, 11) is -9.94. The van der Waals surface area contributed by atoms with Gasteiger partial charge < -0.3 is 14.7 Å². The summed E-state index contributed by atoms with van der Waals surface area (Å²) in [5, 5.41) is 0. The minimum atomic E-state index is -5.12. The molecule has 1 atom stereocenters. The topological polar surface area (TPSA) is 113 Å². The number of hydrogen-bond acceptors (Lipinski definition) is 4. The molecule has 0 aromatic heterocycles. The van der Waals surface area contributed by atoms with Gasteiger partial charge in [0.2, 0.25) is 0 Å². The smallest absolute Gasteiger partial charge is 0.302 e. The number of hydrogen-bond donors (Lipinski definition) is 3. The van der Waals surface area contributed by atoms with E-state index in [-0.39, 0.29) is 6.61 Å². The van der Waals surface area contributed by atoms with Crippen LogP contribution in [0.5, 0.6) is 0 Å². The molecule has 0 fully saturated rings. The van der Waals surface area contributed by atoms with Gasteiger partial charge in [-0.05, 0) is 409 Å². The molecule has 0 aromatic carbocycles. The summed E-state index contributed by atoms with van der Waals surface area (Å²) >= 11 is 0. The predicted molar refractivity (Wildman–Crippen MR) is 508 cm³/mol. The van der Waals surface area contributed by atoms with Crippen LogP contribution in [0, 0.1) is 0 Å². The van der Waals surface area contributed by atoms with E-state index in [4.69, 9.17) is 9.79 Å². The highest BCUT2D eigenvalue weighted by Gasteiger charge is 2.32. The van der Waals surface area contributed by atoms with Crippen LogP contribution in [0.2, 0.25) is 0 Å². The summed E-state index contributed by atoms with van der Waals surface area (Å²) in [4.78, 5) is 26.8. The van der Waals surface area contributed by atoms with Crippen molar-refractivity contribution in [1.29, 1.82) is 0 Å². The lowest BCUT2D eigenvalue weighted by Crippen LogP contribution is -1.94. The summed E-state index contributed by atoms with van der Waals surface area (Å²) in [6.07, 6.45) is 95.1. The van der Waals surface area contributed by atoms with E-state index in [2.05, 4.69) is 276 Å². The van der Waals surface area contributed by atoms with E-state index in [1.165, 1.54) is 144 Å². The molecule has 0 bridgehead atoms. The second kappa shape index (κ2) is 68.7. The molecule has 0 saturated carbocycles. The SMILES string of the molecule is CC(C)=CCC/C(C)=C/CC/C(C)=C/CC/C(C)=C/CC/C(C)=C/CC/C(C)=C/CC/C(C)=C/CC/C(C)=C/CC/C(C)=C/CC/C(C)=C/CC/C(C)=C/CC/C(C)=C/CC/C(C)=C/CC/C(C)=C/CC/C(C)=C/CC/C(C)=C/CC/C(C)=C/CC/C(C)=C/CC/C(C)=C/CC/C(C)=C/CC/C(C)=C/COP(=O)(O)OP(=O)(O)O. The lowest BCUT2D eigenvalue weighted by Gasteiger charge is -2.11. The fourth-order valence-electron chi connectivity index (χ4n) is 13.4. The molecular weight excluding hydrogens is 1440 g/mol. The molecule has 3 N–H and O–H groups in total. The highest BCUT2D eigenvalue weighted by atomic mass is 31.3. The molecule has 9 heteroatoms. The van der Waals surface area contributed by atoms with Crippen molar-refractivity contribution in [3.8, 4) is 0 Å². The normalized spacial score (nSPS) is 15.8. The zero-order valence-corrected chi connectivity index (χ0v) is 79.3. The first kappa shape index (κ1) is 109. The quantitative estimate of drug-likeness (QED) is 0.0411. The maximum absolute atomic E-state index is 11.6. The number of allylic oxidation sites excluding steroid dienone is 41. The van der Waals surface area contributed by atoms with Gasteiger partial charge >= 0.3 is 15.6 Å². The maximum atomic E-state index is 11.6. The van der Waals surface area contributed by atoms with Gasteiger partial charge in [-0.3, -0.25) is 4.52 Å². The van der Waals surface area contributed by atoms with E-state index in [1.54, 1.807) is 6.08 Å². The maximum Gasteiger partial charge on any atom is 0.481 e. The van der Waals surface area contributed by atoms with Crippen molar-refractivity contribution >= 4 is 15.6 Å². The molecule has 0 aliphatic carbocycles. The van der Waals surface area contributed by atoms with Gasteiger partial charge in [0.15, 0.2) is 0 Å². The highest BCUT2D eigenvalue weighted by molar-refractivity contribution is 7.60. The molecule has 0 radical (unpaired) electrons. The highest BCUT2D eigenvalue weighted by Crippen LogP contribution is 2.57. The van der Waals surface area contributed by atoms with Crippen LogP contribution in [0.25, 0.3) is 0 Å². The van der Waals surface area contributed by atoms with E-state index in [0.29, 0.717) is 0 Å². The van der Waals surface area contributed by atoms with E-state index in [1.807, 2.05) is 6.92 Å². The molecule has 0 saturated heterocycles. The van der Waals surface area contributed by atoms with Crippen molar-refractivity contribution in [1.82, 2.24) is 0 Å². The Morgan fingerprint density at radius 1 is 0.184 bits per heavy atom. The van der Waals surface area contributed by atoms with Crippen molar-refractivity contribution in [2.24, 2.45) is 0 Å². The first-order chi connectivity index (χ1) is 54.0. The Morgan fingerprint density at radius 2 is 0.289 bits per heavy atom. The Hall–Kier alpha value is -5.20. The molecule has 0 spiro atoms. The zero-order chi connectivity index (χ0) is 85.4. The Balaban J connectivity index is 4.38. The molecule has 0 heterocycles. The minimum absolute atomic E-state index is 0.277. The number of phosphoric ester groups is 1. The lowest BCUT2D eigenvalue weighted by molar-refractivity contribution is 0.191. The third-order valence-electron chi connectivity index (χ3n) is 21.6. The van der Waals surface area contributed by atoms with Crippen LogP contribution >= 0.6 is 15.6 Å². The minimum Gasteiger partial charge on any atom is -0.302 e. The van der Waals surface area contributed by atoms with Crippen LogP contribution in [0.15, 0.2) is 245 Å². The molecule has 0 aliphatic rings. The Bertz CT molecular complexity index is 3520. The average Bonchev–Trinajstić information content (AvgIpc) is 0.883. The van der Waals surface area contributed by atoms with Gasteiger partial charge in [0.05, 0.1) is 6.61 Å². The van der Waals surface area contributed by atoms with Crippen molar-refractivity contribution in [3.63, 3.8) is 0 Å². The summed E-state index contributed by atoms with van der Waals surface area (Å²) in [5.74, 6) is 0. The standard InChI is InChI=1S/C105H172O7P2/c1-85(2)43-23-44-86(3)45-24-46-87(4)47-25-48-88(5)49-26-50-89(6)51-27-52-90(7)53-28-54-91(8)55-29-56-92(9)57-30-58-93(10)59-31-60-94(11)61-32-62-95(12)63-33-64-96(13)65-34-66-97(14)67-35-68-98(15)69-36-70-99(16)71-37-72-100(17)73-38-74-101(18)75-39-76-102(19)77-40-78-103(20)79-41-80-104(21)81-42-82-105(22)83-84-111-114(109,110)112-113(106,107)108/h43,45,47,49,51,53,55,57,59,61,63,65,67,69,71,73,75,77,79,81,83H,23-42,44,46,48,50,52,54,56,58,60,62,64,66,68,70,72,74,76,78,80,82,84H2,1-22H3,(H,109,110)(H2,106,107,108)/b86-45+,87-47+,88-49+,89-51+,90-53+,91-55+,92-57+,93-59+,94-61+,95-63+,96-65+,97-67+,98-69+,99-71+,100-73+,101-75+,102-77+,103-79+,104-81+,105-83+. The molecule has 7 nitrogen and oxygen atoms in total. The summed E-state index contributed by atoms with van der Waals surface area (Å²) in [6, 6.07) is 0. The molecule has 0 amide bonds. The van der Waals surface area contributed by atoms with E-state index >= 15 is 0 Å². The van der Waals surface area contributed by atoms with Crippen molar-refractivity contribution in [3.05, 3.63) is 245 Å². The van der Waals surface area contributed by atoms with E-state index in [9.17, 15) is 14.0 Å². The van der Waals surface area contributed by atoms with Crippen LogP contribution < -0.4 is 0 Å². The monoisotopic (exact) mass is 1610 g/mol. The Morgan fingerprint density at radius 3 is 0.395 bits per heavy atom. The largest absolute Gasteiger partial charge is 0.481 e. The molecular formula is C105H172O7P2. The van der Waals surface area contributed by atoms with Crippen LogP contribution in [0.3, 0.4) is 0 Å². The third-order valence-corrected chi connectivity index (χ3v) is 23.7. The molecule has 0 aliphatic heterocycles. The second-order valence-electron chi connectivity index (χ2n) is 34.4. The summed E-state index contributed by atoms with van der Waals surface area (Å²) in [6.45, 7) is 49.5. The first-order valence-corrected chi connectivity index (χ1v) is 47.5. The summed E-state index contributed by atoms with van der Waals surface area (Å²) in [5.41, 5.74) is 30.8. The van der Waals surface area contributed by atoms with Crippen LogP contribution in [-0.2, 0) is 18.0 Å².